The normalized spacial score (nSPS) is 16.5. The van der Waals surface area contributed by atoms with Crippen molar-refractivity contribution in [2.75, 3.05) is 0 Å². The first-order valence-corrected chi connectivity index (χ1v) is 7.13. The Hall–Kier alpha value is -1.67. The second-order valence-electron chi connectivity index (χ2n) is 4.66. The van der Waals surface area contributed by atoms with Gasteiger partial charge in [-0.25, -0.2) is 0 Å². The number of allylic oxidation sites excluding steroid dienone is 1. The van der Waals surface area contributed by atoms with Crippen LogP contribution in [0.3, 0.4) is 0 Å². The van der Waals surface area contributed by atoms with Gasteiger partial charge in [-0.05, 0) is 35.3 Å². The van der Waals surface area contributed by atoms with E-state index in [1.54, 1.807) is 0 Å². The molecule has 0 heterocycles. The van der Waals surface area contributed by atoms with E-state index < -0.39 is 0 Å². The lowest BCUT2D eigenvalue weighted by molar-refractivity contribution is -0.113. The van der Waals surface area contributed by atoms with Gasteiger partial charge < -0.3 is 0 Å². The molecule has 0 aliphatic heterocycles. The highest BCUT2D eigenvalue weighted by molar-refractivity contribution is 9.10. The molecule has 3 rings (SSSR count). The number of carbonyl (C=O) groups is 1. The molecule has 2 aromatic carbocycles. The zero-order chi connectivity index (χ0) is 13.2. The fourth-order valence-corrected chi connectivity index (χ4v) is 3.03. The van der Waals surface area contributed by atoms with Gasteiger partial charge in [0.05, 0.1) is 0 Å². The minimum atomic E-state index is 0.231. The molecule has 1 aliphatic rings. The number of hydrogen-bond donors (Lipinski definition) is 0. The molecule has 0 unspecified atom stereocenters. The van der Waals surface area contributed by atoms with Gasteiger partial charge in [-0.3, -0.25) is 4.79 Å². The van der Waals surface area contributed by atoms with Gasteiger partial charge in [0.25, 0.3) is 0 Å². The first-order valence-electron chi connectivity index (χ1n) is 6.33. The van der Waals surface area contributed by atoms with E-state index in [0.29, 0.717) is 6.42 Å². The van der Waals surface area contributed by atoms with E-state index >= 15 is 0 Å². The van der Waals surface area contributed by atoms with Crippen molar-refractivity contribution >= 4 is 33.4 Å². The average molecular weight is 313 g/mol. The van der Waals surface area contributed by atoms with Gasteiger partial charge in [-0.1, -0.05) is 58.4 Å². The van der Waals surface area contributed by atoms with Crippen molar-refractivity contribution in [1.82, 2.24) is 0 Å². The van der Waals surface area contributed by atoms with Crippen LogP contribution >= 0.6 is 15.9 Å². The van der Waals surface area contributed by atoms with Crippen molar-refractivity contribution in [3.05, 3.63) is 69.7 Å². The smallest absolute Gasteiger partial charge is 0.163 e. The first kappa shape index (κ1) is 12.4. The SMILES string of the molecule is O=C1CCc2c(Br)cccc2/C1=C\c1ccccc1. The number of hydrogen-bond acceptors (Lipinski definition) is 1. The molecule has 0 aromatic heterocycles. The Kier molecular flexibility index (Phi) is 3.34. The van der Waals surface area contributed by atoms with Crippen LogP contribution in [0.4, 0.5) is 0 Å². The van der Waals surface area contributed by atoms with E-state index in [2.05, 4.69) is 15.9 Å². The molecule has 1 nitrogen and oxygen atoms in total. The Morgan fingerprint density at radius 1 is 0.947 bits per heavy atom. The standard InChI is InChI=1S/C17H13BrO/c18-16-8-4-7-13-14(16)9-10-17(19)15(13)11-12-5-2-1-3-6-12/h1-8,11H,9-10H2/b15-11+. The molecule has 0 bridgehead atoms. The highest BCUT2D eigenvalue weighted by Gasteiger charge is 2.22. The number of fused-ring (bicyclic) bond motifs is 1. The van der Waals surface area contributed by atoms with E-state index in [1.165, 1.54) is 5.56 Å². The van der Waals surface area contributed by atoms with E-state index in [1.807, 2.05) is 54.6 Å². The van der Waals surface area contributed by atoms with E-state index in [-0.39, 0.29) is 5.78 Å². The van der Waals surface area contributed by atoms with E-state index in [9.17, 15) is 4.79 Å². The maximum absolute atomic E-state index is 12.2. The van der Waals surface area contributed by atoms with Crippen LogP contribution < -0.4 is 0 Å². The van der Waals surface area contributed by atoms with Crippen molar-refractivity contribution in [1.29, 1.82) is 0 Å². The monoisotopic (exact) mass is 312 g/mol. The molecule has 2 aromatic rings. The molecule has 0 spiro atoms. The number of ketones is 1. The summed E-state index contributed by atoms with van der Waals surface area (Å²) in [5.74, 6) is 0.231. The maximum Gasteiger partial charge on any atom is 0.163 e. The Morgan fingerprint density at radius 2 is 1.74 bits per heavy atom. The summed E-state index contributed by atoms with van der Waals surface area (Å²) in [7, 11) is 0. The van der Waals surface area contributed by atoms with Crippen LogP contribution in [-0.4, -0.2) is 5.78 Å². The second kappa shape index (κ2) is 5.14. The highest BCUT2D eigenvalue weighted by Crippen LogP contribution is 2.34. The van der Waals surface area contributed by atoms with Crippen LogP contribution in [-0.2, 0) is 11.2 Å². The van der Waals surface area contributed by atoms with Crippen molar-refractivity contribution in [3.63, 3.8) is 0 Å². The Labute approximate surface area is 121 Å². The molecular formula is C17H13BrO. The van der Waals surface area contributed by atoms with Crippen molar-refractivity contribution in [2.24, 2.45) is 0 Å². The summed E-state index contributed by atoms with van der Waals surface area (Å²) in [4.78, 5) is 12.2. The van der Waals surface area contributed by atoms with Gasteiger partial charge in [0.2, 0.25) is 0 Å². The number of rotatable bonds is 1. The van der Waals surface area contributed by atoms with E-state index in [0.717, 1.165) is 27.6 Å². The lowest BCUT2D eigenvalue weighted by atomic mass is 9.85. The molecule has 0 N–H and O–H groups in total. The van der Waals surface area contributed by atoms with Crippen LogP contribution in [0.5, 0.6) is 0 Å². The largest absolute Gasteiger partial charge is 0.294 e. The third-order valence-electron chi connectivity index (χ3n) is 3.42. The molecule has 0 atom stereocenters. The number of benzene rings is 2. The zero-order valence-corrected chi connectivity index (χ0v) is 12.0. The minimum Gasteiger partial charge on any atom is -0.294 e. The fraction of sp³-hybridized carbons (Fsp3) is 0.118. The van der Waals surface area contributed by atoms with Crippen LogP contribution in [0, 0.1) is 0 Å². The van der Waals surface area contributed by atoms with Crippen LogP contribution in [0.25, 0.3) is 11.6 Å². The highest BCUT2D eigenvalue weighted by atomic mass is 79.9. The van der Waals surface area contributed by atoms with Crippen molar-refractivity contribution in [2.45, 2.75) is 12.8 Å². The topological polar surface area (TPSA) is 17.1 Å². The average Bonchev–Trinajstić information content (AvgIpc) is 2.43. The summed E-state index contributed by atoms with van der Waals surface area (Å²) in [5, 5.41) is 0. The quantitative estimate of drug-likeness (QED) is 0.708. The summed E-state index contributed by atoms with van der Waals surface area (Å²) < 4.78 is 1.09. The summed E-state index contributed by atoms with van der Waals surface area (Å²) in [6.07, 6.45) is 3.41. The van der Waals surface area contributed by atoms with Crippen molar-refractivity contribution in [3.8, 4) is 0 Å². The summed E-state index contributed by atoms with van der Waals surface area (Å²) >= 11 is 3.58. The summed E-state index contributed by atoms with van der Waals surface area (Å²) in [5.41, 5.74) is 4.20. The number of Topliss-reactive ketones (excluding diaryl/α,β-unsaturated/α-hetero) is 1. The van der Waals surface area contributed by atoms with Gasteiger partial charge in [-0.2, -0.15) is 0 Å². The number of halogens is 1. The Morgan fingerprint density at radius 3 is 2.53 bits per heavy atom. The third kappa shape index (κ3) is 2.41. The molecule has 1 aliphatic carbocycles. The molecule has 0 radical (unpaired) electrons. The summed E-state index contributed by atoms with van der Waals surface area (Å²) in [6.45, 7) is 0. The van der Waals surface area contributed by atoms with Gasteiger partial charge in [-0.15, -0.1) is 0 Å². The molecule has 2 heteroatoms. The molecule has 0 amide bonds. The van der Waals surface area contributed by atoms with Crippen LogP contribution in [0.15, 0.2) is 53.0 Å². The lowest BCUT2D eigenvalue weighted by Gasteiger charge is -2.19. The van der Waals surface area contributed by atoms with Gasteiger partial charge in [0, 0.05) is 16.5 Å². The zero-order valence-electron chi connectivity index (χ0n) is 10.4. The second-order valence-corrected chi connectivity index (χ2v) is 5.51. The van der Waals surface area contributed by atoms with Gasteiger partial charge >= 0.3 is 0 Å². The van der Waals surface area contributed by atoms with Crippen LogP contribution in [0.2, 0.25) is 0 Å². The molecule has 0 saturated carbocycles. The predicted molar refractivity (Wildman–Crippen MR) is 81.8 cm³/mol. The van der Waals surface area contributed by atoms with Crippen LogP contribution in [0.1, 0.15) is 23.1 Å². The van der Waals surface area contributed by atoms with Gasteiger partial charge in [0.1, 0.15) is 0 Å². The maximum atomic E-state index is 12.2. The van der Waals surface area contributed by atoms with Crippen molar-refractivity contribution < 1.29 is 4.79 Å². The Bertz CT molecular complexity index is 656. The Balaban J connectivity index is 2.15. The lowest BCUT2D eigenvalue weighted by Crippen LogP contribution is -2.12. The molecule has 94 valence electrons. The van der Waals surface area contributed by atoms with E-state index in [4.69, 9.17) is 0 Å². The minimum absolute atomic E-state index is 0.231. The molecule has 0 saturated heterocycles. The first-order chi connectivity index (χ1) is 9.25. The molecular weight excluding hydrogens is 300 g/mol. The molecule has 19 heavy (non-hydrogen) atoms. The predicted octanol–water partition coefficient (Wildman–Crippen LogP) is 4.51. The van der Waals surface area contributed by atoms with Gasteiger partial charge in [0.15, 0.2) is 5.78 Å². The summed E-state index contributed by atoms with van der Waals surface area (Å²) in [6, 6.07) is 16.1. The fourth-order valence-electron chi connectivity index (χ4n) is 2.46. The number of carbonyl (C=O) groups excluding carboxylic acids is 1. The molecule has 0 fully saturated rings. The third-order valence-corrected chi connectivity index (χ3v) is 4.17.